The van der Waals surface area contributed by atoms with E-state index in [4.69, 9.17) is 0 Å². The molecule has 0 aliphatic carbocycles. The van der Waals surface area contributed by atoms with E-state index in [9.17, 15) is 9.18 Å². The maximum atomic E-state index is 15.2. The number of aromatic nitrogens is 2. The SMILES string of the molecule is CCN1Cc2c(ccnc2NC(C)c2cc(F)c(-c3cc(C(C)(C)F)cc(C)n3)cc2F)C1=O. The summed E-state index contributed by atoms with van der Waals surface area (Å²) >= 11 is 0. The lowest BCUT2D eigenvalue weighted by atomic mass is 9.96. The third kappa shape index (κ3) is 4.36. The summed E-state index contributed by atoms with van der Waals surface area (Å²) in [6.45, 7) is 9.06. The smallest absolute Gasteiger partial charge is 0.254 e. The topological polar surface area (TPSA) is 58.1 Å². The maximum Gasteiger partial charge on any atom is 0.254 e. The summed E-state index contributed by atoms with van der Waals surface area (Å²) in [7, 11) is 0. The number of pyridine rings is 2. The number of hydrogen-bond donors (Lipinski definition) is 1. The van der Waals surface area contributed by atoms with Crippen LogP contribution in [0.1, 0.15) is 66.5 Å². The van der Waals surface area contributed by atoms with Gasteiger partial charge in [-0.05, 0) is 70.5 Å². The van der Waals surface area contributed by atoms with Crippen LogP contribution in [0, 0.1) is 18.6 Å². The summed E-state index contributed by atoms with van der Waals surface area (Å²) in [4.78, 5) is 22.8. The molecule has 1 atom stereocenters. The largest absolute Gasteiger partial charge is 0.363 e. The van der Waals surface area contributed by atoms with Crippen molar-refractivity contribution in [3.63, 3.8) is 0 Å². The third-order valence-corrected chi connectivity index (χ3v) is 6.13. The Morgan fingerprint density at radius 1 is 1.15 bits per heavy atom. The molecular weight excluding hydrogens is 441 g/mol. The number of hydrogen-bond acceptors (Lipinski definition) is 4. The van der Waals surface area contributed by atoms with E-state index >= 15 is 8.78 Å². The summed E-state index contributed by atoms with van der Waals surface area (Å²) in [5.41, 5.74) is 0.750. The molecule has 0 saturated carbocycles. The number of amides is 1. The van der Waals surface area contributed by atoms with Crippen LogP contribution in [-0.2, 0) is 12.2 Å². The van der Waals surface area contributed by atoms with Crippen molar-refractivity contribution in [2.45, 2.75) is 52.9 Å². The van der Waals surface area contributed by atoms with Crippen molar-refractivity contribution in [3.8, 4) is 11.3 Å². The third-order valence-electron chi connectivity index (χ3n) is 6.13. The Bertz CT molecular complexity index is 1270. The first-order valence-corrected chi connectivity index (χ1v) is 11.2. The number of aryl methyl sites for hydroxylation is 1. The Morgan fingerprint density at radius 2 is 1.88 bits per heavy atom. The number of nitrogens with one attached hydrogen (secondary N) is 1. The molecular formula is C26H27F3N4O. The highest BCUT2D eigenvalue weighted by Gasteiger charge is 2.30. The minimum Gasteiger partial charge on any atom is -0.363 e. The minimum absolute atomic E-state index is 0.0365. The van der Waals surface area contributed by atoms with Gasteiger partial charge in [-0.2, -0.15) is 0 Å². The van der Waals surface area contributed by atoms with Crippen LogP contribution in [0.4, 0.5) is 19.0 Å². The molecule has 0 spiro atoms. The first kappa shape index (κ1) is 23.7. The van der Waals surface area contributed by atoms with Crippen LogP contribution in [0.5, 0.6) is 0 Å². The molecule has 5 nitrogen and oxygen atoms in total. The van der Waals surface area contributed by atoms with Crippen molar-refractivity contribution in [2.75, 3.05) is 11.9 Å². The first-order valence-electron chi connectivity index (χ1n) is 11.2. The molecule has 3 heterocycles. The van der Waals surface area contributed by atoms with E-state index in [0.29, 0.717) is 35.7 Å². The molecule has 1 unspecified atom stereocenters. The van der Waals surface area contributed by atoms with Crippen LogP contribution < -0.4 is 5.32 Å². The van der Waals surface area contributed by atoms with Gasteiger partial charge in [0.1, 0.15) is 23.1 Å². The zero-order valence-electron chi connectivity index (χ0n) is 19.8. The fraction of sp³-hybridized carbons (Fsp3) is 0.346. The molecule has 1 aromatic carbocycles. The zero-order chi connectivity index (χ0) is 24.8. The van der Waals surface area contributed by atoms with Gasteiger partial charge in [0, 0.05) is 40.7 Å². The number of alkyl halides is 1. The predicted octanol–water partition coefficient (Wildman–Crippen LogP) is 6.08. The van der Waals surface area contributed by atoms with E-state index in [1.54, 1.807) is 30.9 Å². The molecule has 1 amide bonds. The second-order valence-electron chi connectivity index (χ2n) is 9.08. The quantitative estimate of drug-likeness (QED) is 0.476. The standard InChI is InChI=1S/C26H27F3N4O/c1-6-33-13-20-17(25(33)34)7-8-30-24(20)32-15(3)18-11-22(28)19(12-21(18)27)23-10-16(26(4,5)29)9-14(2)31-23/h7-12,15H,6,13H2,1-5H3,(H,30,32). The van der Waals surface area contributed by atoms with E-state index < -0.39 is 23.3 Å². The molecule has 0 bridgehead atoms. The monoisotopic (exact) mass is 468 g/mol. The summed E-state index contributed by atoms with van der Waals surface area (Å²) in [5.74, 6) is -0.893. The second kappa shape index (κ2) is 8.74. The van der Waals surface area contributed by atoms with Crippen molar-refractivity contribution < 1.29 is 18.0 Å². The normalized spacial score (nSPS) is 14.4. The number of nitrogens with zero attached hydrogens (tertiary/aromatic N) is 3. The van der Waals surface area contributed by atoms with Crippen molar-refractivity contribution >= 4 is 11.7 Å². The Labute approximate surface area is 197 Å². The number of anilines is 1. The number of benzene rings is 1. The molecule has 1 N–H and O–H groups in total. The van der Waals surface area contributed by atoms with Crippen molar-refractivity contribution in [3.05, 3.63) is 76.1 Å². The molecule has 8 heteroatoms. The molecule has 2 aromatic heterocycles. The van der Waals surface area contributed by atoms with Crippen LogP contribution in [0.25, 0.3) is 11.3 Å². The molecule has 0 radical (unpaired) electrons. The molecule has 3 aromatic rings. The molecule has 0 saturated heterocycles. The van der Waals surface area contributed by atoms with E-state index in [0.717, 1.165) is 17.7 Å². The number of carbonyl (C=O) groups excluding carboxylic acids is 1. The fourth-order valence-electron chi connectivity index (χ4n) is 4.19. The molecule has 1 aliphatic heterocycles. The van der Waals surface area contributed by atoms with Gasteiger partial charge < -0.3 is 10.2 Å². The van der Waals surface area contributed by atoms with E-state index in [1.807, 2.05) is 6.92 Å². The minimum atomic E-state index is -1.65. The van der Waals surface area contributed by atoms with E-state index in [-0.39, 0.29) is 22.7 Å². The Hall–Kier alpha value is -3.42. The number of carbonyl (C=O) groups is 1. The average molecular weight is 469 g/mol. The molecule has 34 heavy (non-hydrogen) atoms. The van der Waals surface area contributed by atoms with E-state index in [2.05, 4.69) is 15.3 Å². The van der Waals surface area contributed by atoms with Gasteiger partial charge in [0.05, 0.1) is 18.3 Å². The Kier molecular flexibility index (Phi) is 6.10. The number of fused-ring (bicyclic) bond motifs is 1. The average Bonchev–Trinajstić information content (AvgIpc) is 3.10. The van der Waals surface area contributed by atoms with Crippen LogP contribution in [0.15, 0.2) is 36.5 Å². The van der Waals surface area contributed by atoms with E-state index in [1.165, 1.54) is 26.1 Å². The van der Waals surface area contributed by atoms with Gasteiger partial charge in [-0.1, -0.05) is 0 Å². The number of halogens is 3. The molecule has 1 aliphatic rings. The van der Waals surface area contributed by atoms with Gasteiger partial charge in [-0.15, -0.1) is 0 Å². The molecule has 4 rings (SSSR count). The number of rotatable bonds is 6. The predicted molar refractivity (Wildman–Crippen MR) is 125 cm³/mol. The molecule has 0 fully saturated rings. The van der Waals surface area contributed by atoms with Crippen LogP contribution in [-0.4, -0.2) is 27.3 Å². The van der Waals surface area contributed by atoms with Crippen molar-refractivity contribution in [1.29, 1.82) is 0 Å². The summed E-state index contributed by atoms with van der Waals surface area (Å²) < 4.78 is 44.8. The fourth-order valence-corrected chi connectivity index (χ4v) is 4.19. The van der Waals surface area contributed by atoms with Gasteiger partial charge in [0.15, 0.2) is 0 Å². The van der Waals surface area contributed by atoms with Crippen LogP contribution in [0.3, 0.4) is 0 Å². The van der Waals surface area contributed by atoms with Crippen LogP contribution in [0.2, 0.25) is 0 Å². The highest BCUT2D eigenvalue weighted by Crippen LogP contribution is 2.34. The lowest BCUT2D eigenvalue weighted by molar-refractivity contribution is 0.0787. The Balaban J connectivity index is 1.66. The maximum absolute atomic E-state index is 15.2. The summed E-state index contributed by atoms with van der Waals surface area (Å²) in [6.07, 6.45) is 1.53. The summed E-state index contributed by atoms with van der Waals surface area (Å²) in [6, 6.07) is 6.29. The highest BCUT2D eigenvalue weighted by atomic mass is 19.1. The van der Waals surface area contributed by atoms with Gasteiger partial charge in [-0.25, -0.2) is 18.2 Å². The van der Waals surface area contributed by atoms with Crippen molar-refractivity contribution in [1.82, 2.24) is 14.9 Å². The van der Waals surface area contributed by atoms with Crippen LogP contribution >= 0.6 is 0 Å². The highest BCUT2D eigenvalue weighted by molar-refractivity contribution is 5.99. The lowest BCUT2D eigenvalue weighted by Gasteiger charge is -2.19. The van der Waals surface area contributed by atoms with Gasteiger partial charge in [-0.3, -0.25) is 9.78 Å². The second-order valence-corrected chi connectivity index (χ2v) is 9.08. The zero-order valence-corrected chi connectivity index (χ0v) is 19.8. The molecule has 178 valence electrons. The van der Waals surface area contributed by atoms with Gasteiger partial charge in [0.2, 0.25) is 0 Å². The Morgan fingerprint density at radius 3 is 2.56 bits per heavy atom. The lowest BCUT2D eigenvalue weighted by Crippen LogP contribution is -2.22. The first-order chi connectivity index (χ1) is 16.0. The summed E-state index contributed by atoms with van der Waals surface area (Å²) in [5, 5.41) is 3.13. The van der Waals surface area contributed by atoms with Gasteiger partial charge in [0.25, 0.3) is 5.91 Å². The van der Waals surface area contributed by atoms with Gasteiger partial charge >= 0.3 is 0 Å². The van der Waals surface area contributed by atoms with Crippen molar-refractivity contribution in [2.24, 2.45) is 0 Å².